The van der Waals surface area contributed by atoms with E-state index in [4.69, 9.17) is 4.74 Å². The minimum Gasteiger partial charge on any atom is -0.504 e. The van der Waals surface area contributed by atoms with Crippen LogP contribution in [-0.2, 0) is 0 Å². The largest absolute Gasteiger partial charge is 0.504 e. The number of aromatic hydroxyl groups is 1. The molecule has 1 aliphatic rings. The van der Waals surface area contributed by atoms with Gasteiger partial charge in [0.2, 0.25) is 0 Å². The topological polar surface area (TPSA) is 49.8 Å². The van der Waals surface area contributed by atoms with Gasteiger partial charge < -0.3 is 14.7 Å². The Kier molecular flexibility index (Phi) is 4.53. The van der Waals surface area contributed by atoms with E-state index in [2.05, 4.69) is 6.92 Å². The van der Waals surface area contributed by atoms with Crippen molar-refractivity contribution in [1.29, 1.82) is 0 Å². The minimum absolute atomic E-state index is 0.00372. The highest BCUT2D eigenvalue weighted by molar-refractivity contribution is 5.95. The van der Waals surface area contributed by atoms with Gasteiger partial charge in [0.05, 0.1) is 7.11 Å². The maximum atomic E-state index is 12.5. The molecule has 1 saturated carbocycles. The predicted octanol–water partition coefficient (Wildman–Crippen LogP) is 3.05. The third-order valence-corrected chi connectivity index (χ3v) is 4.28. The highest BCUT2D eigenvalue weighted by atomic mass is 16.5. The van der Waals surface area contributed by atoms with Gasteiger partial charge in [0.1, 0.15) is 0 Å². The van der Waals surface area contributed by atoms with Crippen LogP contribution in [0.5, 0.6) is 11.5 Å². The van der Waals surface area contributed by atoms with Crippen molar-refractivity contribution in [3.63, 3.8) is 0 Å². The van der Waals surface area contributed by atoms with Gasteiger partial charge >= 0.3 is 0 Å². The second-order valence-corrected chi connectivity index (χ2v) is 5.72. The summed E-state index contributed by atoms with van der Waals surface area (Å²) < 4.78 is 4.99. The zero-order valence-electron chi connectivity index (χ0n) is 12.4. The maximum Gasteiger partial charge on any atom is 0.253 e. The molecule has 0 bridgehead atoms. The molecule has 20 heavy (non-hydrogen) atoms. The number of rotatable bonds is 3. The summed E-state index contributed by atoms with van der Waals surface area (Å²) in [5.74, 6) is 1.11. The Labute approximate surface area is 120 Å². The van der Waals surface area contributed by atoms with Crippen LogP contribution in [0.15, 0.2) is 18.2 Å². The summed E-state index contributed by atoms with van der Waals surface area (Å²) in [6.45, 7) is 2.26. The molecule has 0 heterocycles. The van der Waals surface area contributed by atoms with Crippen molar-refractivity contribution in [3.8, 4) is 11.5 Å². The van der Waals surface area contributed by atoms with Gasteiger partial charge in [0.15, 0.2) is 11.5 Å². The van der Waals surface area contributed by atoms with Crippen molar-refractivity contribution in [1.82, 2.24) is 4.90 Å². The molecule has 1 aromatic carbocycles. The van der Waals surface area contributed by atoms with Crippen LogP contribution < -0.4 is 4.74 Å². The molecule has 0 saturated heterocycles. The van der Waals surface area contributed by atoms with Crippen LogP contribution in [0.4, 0.5) is 0 Å². The lowest BCUT2D eigenvalue weighted by Gasteiger charge is -2.33. The van der Waals surface area contributed by atoms with Gasteiger partial charge in [-0.3, -0.25) is 4.79 Å². The number of phenolic OH excluding ortho intramolecular Hbond substituents is 1. The Hall–Kier alpha value is -1.71. The Morgan fingerprint density at radius 3 is 2.50 bits per heavy atom. The lowest BCUT2D eigenvalue weighted by atomic mass is 9.86. The fourth-order valence-electron chi connectivity index (χ4n) is 2.82. The fraction of sp³-hybridized carbons (Fsp3) is 0.562. The summed E-state index contributed by atoms with van der Waals surface area (Å²) >= 11 is 0. The Morgan fingerprint density at radius 2 is 1.95 bits per heavy atom. The van der Waals surface area contributed by atoms with Crippen LogP contribution in [0.2, 0.25) is 0 Å². The van der Waals surface area contributed by atoms with E-state index in [1.807, 2.05) is 11.9 Å². The van der Waals surface area contributed by atoms with Gasteiger partial charge in [-0.2, -0.15) is 0 Å². The number of hydrogen-bond donors (Lipinski definition) is 1. The van der Waals surface area contributed by atoms with Crippen molar-refractivity contribution in [2.75, 3.05) is 14.2 Å². The summed E-state index contributed by atoms with van der Waals surface area (Å²) in [6, 6.07) is 5.11. The molecule has 1 N–H and O–H groups in total. The third kappa shape index (κ3) is 3.06. The normalized spacial score (nSPS) is 22.4. The summed E-state index contributed by atoms with van der Waals surface area (Å²) in [5.41, 5.74) is 0.504. The Bertz CT molecular complexity index is 479. The zero-order chi connectivity index (χ0) is 14.7. The van der Waals surface area contributed by atoms with Gasteiger partial charge in [0, 0.05) is 18.7 Å². The Balaban J connectivity index is 2.08. The molecule has 1 aromatic rings. The van der Waals surface area contributed by atoms with Crippen LogP contribution in [-0.4, -0.2) is 36.1 Å². The average molecular weight is 277 g/mol. The fourth-order valence-corrected chi connectivity index (χ4v) is 2.82. The van der Waals surface area contributed by atoms with Gasteiger partial charge in [-0.25, -0.2) is 0 Å². The SMILES string of the molecule is COc1ccc(C(=O)N(C)C2CCC(C)CC2)cc1O. The van der Waals surface area contributed by atoms with E-state index >= 15 is 0 Å². The first kappa shape index (κ1) is 14.7. The molecular weight excluding hydrogens is 254 g/mol. The maximum absolute atomic E-state index is 12.5. The highest BCUT2D eigenvalue weighted by Gasteiger charge is 2.25. The molecule has 1 aliphatic carbocycles. The smallest absolute Gasteiger partial charge is 0.253 e. The minimum atomic E-state index is -0.0393. The lowest BCUT2D eigenvalue weighted by molar-refractivity contribution is 0.0679. The quantitative estimate of drug-likeness (QED) is 0.923. The van der Waals surface area contributed by atoms with Gasteiger partial charge in [-0.05, 0) is 49.8 Å². The van der Waals surface area contributed by atoms with Gasteiger partial charge in [-0.1, -0.05) is 6.92 Å². The molecule has 4 nitrogen and oxygen atoms in total. The zero-order valence-corrected chi connectivity index (χ0v) is 12.4. The van der Waals surface area contributed by atoms with Crippen molar-refractivity contribution >= 4 is 5.91 Å². The first-order valence-electron chi connectivity index (χ1n) is 7.17. The van der Waals surface area contributed by atoms with E-state index in [9.17, 15) is 9.90 Å². The van der Waals surface area contributed by atoms with E-state index in [1.54, 1.807) is 12.1 Å². The lowest BCUT2D eigenvalue weighted by Crippen LogP contribution is -2.39. The number of ether oxygens (including phenoxy) is 1. The first-order valence-corrected chi connectivity index (χ1v) is 7.17. The second kappa shape index (κ2) is 6.16. The van der Waals surface area contributed by atoms with E-state index in [0.29, 0.717) is 17.4 Å². The number of amides is 1. The summed E-state index contributed by atoms with van der Waals surface area (Å²) in [7, 11) is 3.34. The highest BCUT2D eigenvalue weighted by Crippen LogP contribution is 2.29. The predicted molar refractivity (Wildman–Crippen MR) is 78.2 cm³/mol. The van der Waals surface area contributed by atoms with Crippen LogP contribution in [0.1, 0.15) is 43.0 Å². The molecule has 0 atom stereocenters. The molecule has 0 aromatic heterocycles. The molecule has 4 heteroatoms. The molecule has 1 fully saturated rings. The molecule has 2 rings (SSSR count). The number of phenols is 1. The average Bonchev–Trinajstić information content (AvgIpc) is 2.46. The summed E-state index contributed by atoms with van der Waals surface area (Å²) in [6.07, 6.45) is 4.48. The molecule has 0 radical (unpaired) electrons. The summed E-state index contributed by atoms with van der Waals surface area (Å²) in [5, 5.41) is 9.77. The van der Waals surface area contributed by atoms with Crippen molar-refractivity contribution < 1.29 is 14.6 Å². The molecule has 0 aliphatic heterocycles. The number of carbonyl (C=O) groups is 1. The van der Waals surface area contributed by atoms with Crippen molar-refractivity contribution in [2.45, 2.75) is 38.6 Å². The third-order valence-electron chi connectivity index (χ3n) is 4.28. The summed E-state index contributed by atoms with van der Waals surface area (Å²) in [4.78, 5) is 14.3. The first-order chi connectivity index (χ1) is 9.52. The van der Waals surface area contributed by atoms with Crippen LogP contribution in [0.3, 0.4) is 0 Å². The van der Waals surface area contributed by atoms with E-state index in [1.165, 1.54) is 26.0 Å². The molecule has 0 spiro atoms. The van der Waals surface area contributed by atoms with E-state index in [-0.39, 0.29) is 11.7 Å². The second-order valence-electron chi connectivity index (χ2n) is 5.72. The van der Waals surface area contributed by atoms with Gasteiger partial charge in [-0.15, -0.1) is 0 Å². The Morgan fingerprint density at radius 1 is 1.30 bits per heavy atom. The van der Waals surface area contributed by atoms with Crippen molar-refractivity contribution in [2.24, 2.45) is 5.92 Å². The number of benzene rings is 1. The van der Waals surface area contributed by atoms with Gasteiger partial charge in [0.25, 0.3) is 5.91 Å². The molecular formula is C16H23NO3. The molecule has 0 unspecified atom stereocenters. The van der Waals surface area contributed by atoms with E-state index < -0.39 is 0 Å². The number of methoxy groups -OCH3 is 1. The van der Waals surface area contributed by atoms with Crippen LogP contribution in [0, 0.1) is 5.92 Å². The number of carbonyl (C=O) groups excluding carboxylic acids is 1. The number of nitrogens with zero attached hydrogens (tertiary/aromatic N) is 1. The molecule has 1 amide bonds. The molecule has 110 valence electrons. The van der Waals surface area contributed by atoms with E-state index in [0.717, 1.165) is 18.8 Å². The number of hydrogen-bond acceptors (Lipinski definition) is 3. The van der Waals surface area contributed by atoms with Crippen LogP contribution >= 0.6 is 0 Å². The van der Waals surface area contributed by atoms with Crippen LogP contribution in [0.25, 0.3) is 0 Å². The monoisotopic (exact) mass is 277 g/mol. The standard InChI is InChI=1S/C16H23NO3/c1-11-4-7-13(8-5-11)17(2)16(19)12-6-9-15(20-3)14(18)10-12/h6,9-11,13,18H,4-5,7-8H2,1-3H3. The van der Waals surface area contributed by atoms with Crippen molar-refractivity contribution in [3.05, 3.63) is 23.8 Å².